The lowest BCUT2D eigenvalue weighted by Gasteiger charge is -2.15. The number of aliphatic carboxylic acids is 1. The first-order valence-corrected chi connectivity index (χ1v) is 6.51. The first-order chi connectivity index (χ1) is 9.77. The lowest BCUT2D eigenvalue weighted by Crippen LogP contribution is -2.36. The summed E-state index contributed by atoms with van der Waals surface area (Å²) in [5, 5.41) is 13.7. The Balaban J connectivity index is 2.54. The number of urea groups is 1. The van der Waals surface area contributed by atoms with Crippen LogP contribution in [0.2, 0.25) is 0 Å². The Kier molecular flexibility index (Phi) is 6.08. The fraction of sp³-hybridized carbons (Fsp3) is 0.429. The molecule has 0 heterocycles. The maximum absolute atomic E-state index is 13.0. The minimum atomic E-state index is -0.999. The molecule has 0 bridgehead atoms. The van der Waals surface area contributed by atoms with Crippen LogP contribution in [-0.4, -0.2) is 23.7 Å². The number of amides is 2. The van der Waals surface area contributed by atoms with Crippen molar-refractivity contribution in [2.45, 2.75) is 20.3 Å². The monoisotopic (exact) mass is 300 g/mol. The van der Waals surface area contributed by atoms with E-state index in [2.05, 4.69) is 10.6 Å². The maximum atomic E-state index is 13.0. The number of benzene rings is 1. The van der Waals surface area contributed by atoms with Crippen molar-refractivity contribution in [3.05, 3.63) is 29.8 Å². The van der Waals surface area contributed by atoms with Crippen molar-refractivity contribution in [3.63, 3.8) is 0 Å². The minimum absolute atomic E-state index is 0.0410. The second-order valence-electron chi connectivity index (χ2n) is 5.16. The lowest BCUT2D eigenvalue weighted by molar-refractivity contribution is -0.142. The molecule has 1 aromatic carbocycles. The Hall–Kier alpha value is -2.18. The average molecular weight is 300 g/mol. The molecule has 1 aromatic rings. The predicted octanol–water partition coefficient (Wildman–Crippen LogP) is 2.83. The van der Waals surface area contributed by atoms with E-state index in [0.29, 0.717) is 12.5 Å². The molecule has 5 nitrogen and oxygen atoms in total. The third-order valence-electron chi connectivity index (χ3n) is 2.73. The summed E-state index contributed by atoms with van der Waals surface area (Å²) in [6.07, 6.45) is 0.421. The van der Waals surface area contributed by atoms with Crippen molar-refractivity contribution in [2.24, 2.45) is 11.8 Å². The molecule has 0 saturated carbocycles. The van der Waals surface area contributed by atoms with E-state index in [1.54, 1.807) is 0 Å². The molecule has 1 rings (SSSR count). The van der Waals surface area contributed by atoms with E-state index in [1.165, 1.54) is 0 Å². The quantitative estimate of drug-likeness (QED) is 0.756. The number of anilines is 1. The van der Waals surface area contributed by atoms with Crippen molar-refractivity contribution in [1.29, 1.82) is 0 Å². The van der Waals surface area contributed by atoms with Gasteiger partial charge in [-0.1, -0.05) is 13.8 Å². The average Bonchev–Trinajstić information content (AvgIpc) is 2.32. The summed E-state index contributed by atoms with van der Waals surface area (Å²) in [6, 6.07) is 1.90. The topological polar surface area (TPSA) is 78.4 Å². The number of hydrogen-bond acceptors (Lipinski definition) is 2. The van der Waals surface area contributed by atoms with Gasteiger partial charge in [0.25, 0.3) is 0 Å². The molecule has 21 heavy (non-hydrogen) atoms. The highest BCUT2D eigenvalue weighted by Crippen LogP contribution is 2.13. The SMILES string of the molecule is CC(C)CC(CNC(=O)Nc1cc(F)cc(F)c1)C(=O)O. The number of carbonyl (C=O) groups excluding carboxylic acids is 1. The van der Waals surface area contributed by atoms with Crippen molar-refractivity contribution < 1.29 is 23.5 Å². The van der Waals surface area contributed by atoms with Crippen molar-refractivity contribution in [3.8, 4) is 0 Å². The summed E-state index contributed by atoms with van der Waals surface area (Å²) in [7, 11) is 0. The summed E-state index contributed by atoms with van der Waals surface area (Å²) < 4.78 is 25.9. The number of hydrogen-bond donors (Lipinski definition) is 3. The highest BCUT2D eigenvalue weighted by Gasteiger charge is 2.19. The summed E-state index contributed by atoms with van der Waals surface area (Å²) in [5.41, 5.74) is -0.0410. The highest BCUT2D eigenvalue weighted by atomic mass is 19.1. The minimum Gasteiger partial charge on any atom is -0.481 e. The van der Waals surface area contributed by atoms with Gasteiger partial charge in [0.15, 0.2) is 0 Å². The van der Waals surface area contributed by atoms with Crippen LogP contribution in [0.25, 0.3) is 0 Å². The lowest BCUT2D eigenvalue weighted by atomic mass is 9.97. The maximum Gasteiger partial charge on any atom is 0.319 e. The van der Waals surface area contributed by atoms with E-state index in [-0.39, 0.29) is 18.2 Å². The molecule has 0 aliphatic carbocycles. The van der Waals surface area contributed by atoms with Gasteiger partial charge in [0.05, 0.1) is 5.92 Å². The van der Waals surface area contributed by atoms with Crippen molar-refractivity contribution in [2.75, 3.05) is 11.9 Å². The van der Waals surface area contributed by atoms with E-state index in [4.69, 9.17) is 5.11 Å². The Bertz CT molecular complexity index is 501. The number of carbonyl (C=O) groups is 2. The molecule has 0 fully saturated rings. The van der Waals surface area contributed by atoms with Crippen LogP contribution < -0.4 is 10.6 Å². The number of rotatable bonds is 6. The van der Waals surface area contributed by atoms with Crippen LogP contribution in [0.5, 0.6) is 0 Å². The molecule has 2 amide bonds. The van der Waals surface area contributed by atoms with E-state index < -0.39 is 29.6 Å². The van der Waals surface area contributed by atoms with Crippen LogP contribution in [0.3, 0.4) is 0 Å². The molecule has 0 aromatic heterocycles. The zero-order chi connectivity index (χ0) is 16.0. The molecule has 0 aliphatic rings. The fourth-order valence-electron chi connectivity index (χ4n) is 1.86. The zero-order valence-corrected chi connectivity index (χ0v) is 11.8. The van der Waals surface area contributed by atoms with Crippen molar-refractivity contribution >= 4 is 17.7 Å². The van der Waals surface area contributed by atoms with Gasteiger partial charge in [0.2, 0.25) is 0 Å². The van der Waals surface area contributed by atoms with Crippen molar-refractivity contribution in [1.82, 2.24) is 5.32 Å². The third kappa shape index (κ3) is 6.20. The van der Waals surface area contributed by atoms with Gasteiger partial charge in [-0.25, -0.2) is 13.6 Å². The zero-order valence-electron chi connectivity index (χ0n) is 11.8. The molecular formula is C14H18F2N2O3. The van der Waals surface area contributed by atoms with Gasteiger partial charge in [0.1, 0.15) is 11.6 Å². The van der Waals surface area contributed by atoms with Crippen LogP contribution in [-0.2, 0) is 4.79 Å². The molecule has 116 valence electrons. The Labute approximate surface area is 121 Å². The molecule has 0 radical (unpaired) electrons. The van der Waals surface area contributed by atoms with Crippen LogP contribution in [0.4, 0.5) is 19.3 Å². The molecule has 0 aliphatic heterocycles. The number of nitrogens with one attached hydrogen (secondary N) is 2. The molecule has 3 N–H and O–H groups in total. The van der Waals surface area contributed by atoms with Crippen LogP contribution >= 0.6 is 0 Å². The van der Waals surface area contributed by atoms with E-state index in [9.17, 15) is 18.4 Å². The van der Waals surface area contributed by atoms with Gasteiger partial charge in [-0.3, -0.25) is 4.79 Å². The smallest absolute Gasteiger partial charge is 0.319 e. The van der Waals surface area contributed by atoms with E-state index in [0.717, 1.165) is 12.1 Å². The Morgan fingerprint density at radius 3 is 2.24 bits per heavy atom. The van der Waals surface area contributed by atoms with Gasteiger partial charge in [-0.2, -0.15) is 0 Å². The third-order valence-corrected chi connectivity index (χ3v) is 2.73. The molecule has 1 atom stereocenters. The van der Waals surface area contributed by atoms with Gasteiger partial charge < -0.3 is 15.7 Å². The van der Waals surface area contributed by atoms with Crippen LogP contribution in [0, 0.1) is 23.5 Å². The second kappa shape index (κ2) is 7.56. The summed E-state index contributed by atoms with van der Waals surface area (Å²) in [6.45, 7) is 3.70. The van der Waals surface area contributed by atoms with Gasteiger partial charge in [-0.15, -0.1) is 0 Å². The summed E-state index contributed by atoms with van der Waals surface area (Å²) >= 11 is 0. The fourth-order valence-corrected chi connectivity index (χ4v) is 1.86. The van der Waals surface area contributed by atoms with Crippen LogP contribution in [0.15, 0.2) is 18.2 Å². The number of carboxylic acid groups (broad SMARTS) is 1. The first-order valence-electron chi connectivity index (χ1n) is 6.51. The summed E-state index contributed by atoms with van der Waals surface area (Å²) in [4.78, 5) is 22.6. The van der Waals surface area contributed by atoms with Crippen LogP contribution in [0.1, 0.15) is 20.3 Å². The standard InChI is InChI=1S/C14H18F2N2O3/c1-8(2)3-9(13(19)20)7-17-14(21)18-12-5-10(15)4-11(16)6-12/h4-6,8-9H,3,7H2,1-2H3,(H,19,20)(H2,17,18,21). The van der Waals surface area contributed by atoms with Gasteiger partial charge in [-0.05, 0) is 24.5 Å². The molecular weight excluding hydrogens is 282 g/mol. The molecule has 1 unspecified atom stereocenters. The summed E-state index contributed by atoms with van der Waals surface area (Å²) in [5.74, 6) is -3.16. The molecule has 7 heteroatoms. The normalized spacial score (nSPS) is 12.0. The Morgan fingerprint density at radius 1 is 1.19 bits per heavy atom. The van der Waals surface area contributed by atoms with E-state index >= 15 is 0 Å². The first kappa shape index (κ1) is 16.9. The number of halogens is 2. The van der Waals surface area contributed by atoms with Gasteiger partial charge >= 0.3 is 12.0 Å². The second-order valence-corrected chi connectivity index (χ2v) is 5.16. The number of carboxylic acids is 1. The predicted molar refractivity (Wildman–Crippen MR) is 74.0 cm³/mol. The van der Waals surface area contributed by atoms with E-state index in [1.807, 2.05) is 13.8 Å². The molecule has 0 saturated heterocycles. The largest absolute Gasteiger partial charge is 0.481 e. The molecule has 0 spiro atoms. The highest BCUT2D eigenvalue weighted by molar-refractivity contribution is 5.89. The van der Waals surface area contributed by atoms with Gasteiger partial charge in [0, 0.05) is 18.3 Å². The Morgan fingerprint density at radius 2 is 1.76 bits per heavy atom.